The molecule has 2 N–H and O–H groups in total. The third kappa shape index (κ3) is 2.08. The Morgan fingerprint density at radius 3 is 2.50 bits per heavy atom. The van der Waals surface area contributed by atoms with Gasteiger partial charge in [-0.05, 0) is 18.9 Å². The van der Waals surface area contributed by atoms with Crippen molar-refractivity contribution in [1.29, 1.82) is 0 Å². The van der Waals surface area contributed by atoms with Gasteiger partial charge >= 0.3 is 0 Å². The Morgan fingerprint density at radius 2 is 1.89 bits per heavy atom. The molecule has 0 spiro atoms. The first-order valence-electron chi connectivity index (χ1n) is 5.89. The molecule has 0 amide bonds. The van der Waals surface area contributed by atoms with Crippen LogP contribution in [0.1, 0.15) is 25.2 Å². The molecule has 0 saturated heterocycles. The van der Waals surface area contributed by atoms with Gasteiger partial charge in [0, 0.05) is 17.8 Å². The summed E-state index contributed by atoms with van der Waals surface area (Å²) < 4.78 is 28.2. The lowest BCUT2D eigenvalue weighted by molar-refractivity contribution is 0.582. The molecule has 2 rings (SSSR count). The molecular formula is C13H15F2N3. The number of rotatable bonds is 3. The van der Waals surface area contributed by atoms with Crippen LogP contribution in [0.5, 0.6) is 0 Å². The number of hydrogen-bond acceptors (Lipinski definition) is 2. The van der Waals surface area contributed by atoms with Crippen molar-refractivity contribution in [2.24, 2.45) is 0 Å². The van der Waals surface area contributed by atoms with E-state index in [1.165, 1.54) is 10.7 Å². The minimum absolute atomic E-state index is 0.0862. The van der Waals surface area contributed by atoms with Crippen LogP contribution in [0.25, 0.3) is 5.69 Å². The van der Waals surface area contributed by atoms with Crippen molar-refractivity contribution < 1.29 is 8.78 Å². The number of anilines is 1. The Labute approximate surface area is 104 Å². The maximum Gasteiger partial charge on any atom is 0.151 e. The summed E-state index contributed by atoms with van der Waals surface area (Å²) in [5, 5.41) is 4.32. The van der Waals surface area contributed by atoms with Crippen LogP contribution in [0, 0.1) is 11.6 Å². The second-order valence-electron chi connectivity index (χ2n) is 4.07. The lowest BCUT2D eigenvalue weighted by atomic mass is 10.2. The zero-order valence-corrected chi connectivity index (χ0v) is 10.4. The Balaban J connectivity index is 2.64. The van der Waals surface area contributed by atoms with Gasteiger partial charge < -0.3 is 5.73 Å². The highest BCUT2D eigenvalue weighted by molar-refractivity contribution is 5.59. The second-order valence-corrected chi connectivity index (χ2v) is 4.07. The molecule has 3 nitrogen and oxygen atoms in total. The normalized spacial score (nSPS) is 10.9. The van der Waals surface area contributed by atoms with Crippen molar-refractivity contribution in [3.8, 4) is 5.69 Å². The van der Waals surface area contributed by atoms with Gasteiger partial charge in [-0.2, -0.15) is 5.10 Å². The van der Waals surface area contributed by atoms with Crippen LogP contribution in [0.15, 0.2) is 18.2 Å². The molecule has 0 atom stereocenters. The van der Waals surface area contributed by atoms with E-state index in [1.807, 2.05) is 19.9 Å². The molecular weight excluding hydrogens is 236 g/mol. The van der Waals surface area contributed by atoms with Gasteiger partial charge in [-0.1, -0.05) is 13.8 Å². The van der Waals surface area contributed by atoms with E-state index in [1.54, 1.807) is 0 Å². The molecule has 2 aromatic rings. The Bertz CT molecular complexity index is 576. The predicted octanol–water partition coefficient (Wildman–Crippen LogP) is 2.86. The van der Waals surface area contributed by atoms with E-state index in [9.17, 15) is 8.78 Å². The first kappa shape index (κ1) is 12.5. The lowest BCUT2D eigenvalue weighted by Crippen LogP contribution is -2.07. The number of hydrogen-bond donors (Lipinski definition) is 1. The molecule has 0 saturated carbocycles. The third-order valence-corrected chi connectivity index (χ3v) is 2.86. The fraction of sp³-hybridized carbons (Fsp3) is 0.308. The smallest absolute Gasteiger partial charge is 0.151 e. The van der Waals surface area contributed by atoms with E-state index in [-0.39, 0.29) is 11.4 Å². The van der Waals surface area contributed by atoms with E-state index in [2.05, 4.69) is 5.10 Å². The van der Waals surface area contributed by atoms with Gasteiger partial charge in [0.25, 0.3) is 0 Å². The summed E-state index contributed by atoms with van der Waals surface area (Å²) in [6.45, 7) is 3.93. The Hall–Kier alpha value is -1.91. The standard InChI is InChI=1S/C13H15F2N3/c1-3-9-7-10(4-2)18(17-9)12-6-8(14)5-11(15)13(12)16/h5-7H,3-4,16H2,1-2H3. The monoisotopic (exact) mass is 251 g/mol. The summed E-state index contributed by atoms with van der Waals surface area (Å²) >= 11 is 0. The molecule has 1 aromatic carbocycles. The molecule has 1 aromatic heterocycles. The van der Waals surface area contributed by atoms with Gasteiger partial charge in [-0.3, -0.25) is 0 Å². The molecule has 0 radical (unpaired) electrons. The van der Waals surface area contributed by atoms with E-state index in [0.717, 1.165) is 23.9 Å². The fourth-order valence-corrected chi connectivity index (χ4v) is 1.85. The largest absolute Gasteiger partial charge is 0.395 e. The van der Waals surface area contributed by atoms with Crippen molar-refractivity contribution >= 4 is 5.69 Å². The summed E-state index contributed by atoms with van der Waals surface area (Å²) in [6.07, 6.45) is 1.47. The number of nitrogens with two attached hydrogens (primary N) is 1. The quantitative estimate of drug-likeness (QED) is 0.852. The number of aryl methyl sites for hydroxylation is 2. The van der Waals surface area contributed by atoms with Crippen LogP contribution in [0.2, 0.25) is 0 Å². The first-order chi connectivity index (χ1) is 8.56. The van der Waals surface area contributed by atoms with Gasteiger partial charge in [0.2, 0.25) is 0 Å². The number of benzene rings is 1. The predicted molar refractivity (Wildman–Crippen MR) is 66.6 cm³/mol. The number of aromatic nitrogens is 2. The van der Waals surface area contributed by atoms with Gasteiger partial charge in [0.15, 0.2) is 5.82 Å². The fourth-order valence-electron chi connectivity index (χ4n) is 1.85. The minimum atomic E-state index is -0.763. The van der Waals surface area contributed by atoms with Crippen LogP contribution in [-0.4, -0.2) is 9.78 Å². The Morgan fingerprint density at radius 1 is 1.17 bits per heavy atom. The number of halogens is 2. The zero-order chi connectivity index (χ0) is 13.3. The molecule has 1 heterocycles. The zero-order valence-electron chi connectivity index (χ0n) is 10.4. The average molecular weight is 251 g/mol. The van der Waals surface area contributed by atoms with Gasteiger partial charge in [-0.25, -0.2) is 13.5 Å². The van der Waals surface area contributed by atoms with Crippen molar-refractivity contribution in [3.63, 3.8) is 0 Å². The average Bonchev–Trinajstić information content (AvgIpc) is 2.76. The van der Waals surface area contributed by atoms with Crippen molar-refractivity contribution in [1.82, 2.24) is 9.78 Å². The van der Waals surface area contributed by atoms with E-state index >= 15 is 0 Å². The molecule has 0 aliphatic rings. The van der Waals surface area contributed by atoms with Crippen LogP contribution < -0.4 is 5.73 Å². The minimum Gasteiger partial charge on any atom is -0.395 e. The van der Waals surface area contributed by atoms with Crippen LogP contribution in [-0.2, 0) is 12.8 Å². The molecule has 18 heavy (non-hydrogen) atoms. The molecule has 96 valence electrons. The topological polar surface area (TPSA) is 43.8 Å². The van der Waals surface area contributed by atoms with E-state index in [4.69, 9.17) is 5.73 Å². The maximum atomic E-state index is 13.4. The number of nitrogen functional groups attached to an aromatic ring is 1. The van der Waals surface area contributed by atoms with E-state index < -0.39 is 11.6 Å². The molecule has 0 unspecified atom stereocenters. The Kier molecular flexibility index (Phi) is 3.32. The van der Waals surface area contributed by atoms with Crippen LogP contribution >= 0.6 is 0 Å². The number of nitrogens with zero attached hydrogens (tertiary/aromatic N) is 2. The van der Waals surface area contributed by atoms with Gasteiger partial charge in [-0.15, -0.1) is 0 Å². The third-order valence-electron chi connectivity index (χ3n) is 2.86. The summed E-state index contributed by atoms with van der Waals surface area (Å²) in [7, 11) is 0. The molecule has 5 heteroatoms. The maximum absolute atomic E-state index is 13.4. The second kappa shape index (κ2) is 4.76. The highest BCUT2D eigenvalue weighted by Gasteiger charge is 2.14. The lowest BCUT2D eigenvalue weighted by Gasteiger charge is -2.10. The van der Waals surface area contributed by atoms with Crippen molar-refractivity contribution in [3.05, 3.63) is 41.2 Å². The van der Waals surface area contributed by atoms with Crippen molar-refractivity contribution in [2.45, 2.75) is 26.7 Å². The molecule has 0 bridgehead atoms. The van der Waals surface area contributed by atoms with Crippen LogP contribution in [0.3, 0.4) is 0 Å². The van der Waals surface area contributed by atoms with Gasteiger partial charge in [0.05, 0.1) is 17.1 Å². The highest BCUT2D eigenvalue weighted by Crippen LogP contribution is 2.24. The first-order valence-corrected chi connectivity index (χ1v) is 5.89. The highest BCUT2D eigenvalue weighted by atomic mass is 19.1. The summed E-state index contributed by atoms with van der Waals surface area (Å²) in [6, 6.07) is 3.89. The van der Waals surface area contributed by atoms with E-state index in [0.29, 0.717) is 6.42 Å². The summed E-state index contributed by atoms with van der Waals surface area (Å²) in [5.74, 6) is -1.42. The van der Waals surface area contributed by atoms with Crippen LogP contribution in [0.4, 0.5) is 14.5 Å². The molecule has 0 fully saturated rings. The van der Waals surface area contributed by atoms with Gasteiger partial charge in [0.1, 0.15) is 5.82 Å². The summed E-state index contributed by atoms with van der Waals surface area (Å²) in [4.78, 5) is 0. The van der Waals surface area contributed by atoms with Crippen molar-refractivity contribution in [2.75, 3.05) is 5.73 Å². The summed E-state index contributed by atoms with van der Waals surface area (Å²) in [5.41, 5.74) is 7.57. The molecule has 0 aliphatic carbocycles. The molecule has 0 aliphatic heterocycles. The SMILES string of the molecule is CCc1cc(CC)n(-c2cc(F)cc(F)c2N)n1.